The molecule has 0 aromatic carbocycles. The molecular weight excluding hydrogens is 472 g/mol. The molecule has 5 N–H and O–H groups in total. The molecule has 0 radical (unpaired) electrons. The smallest absolute Gasteiger partial charge is 0.243 e. The van der Waals surface area contributed by atoms with E-state index in [-0.39, 0.29) is 71.4 Å². The van der Waals surface area contributed by atoms with Crippen molar-refractivity contribution in [2.75, 3.05) is 52.7 Å². The van der Waals surface area contributed by atoms with Gasteiger partial charge in [-0.2, -0.15) is 0 Å². The number of amides is 2. The molecule has 0 aromatic rings. The molecular formula is C25H42N2O9. The molecule has 0 bridgehead atoms. The molecule has 0 fully saturated rings. The lowest BCUT2D eigenvalue weighted by Crippen LogP contribution is -2.41. The third-order valence-corrected chi connectivity index (χ3v) is 5.25. The fourth-order valence-electron chi connectivity index (χ4n) is 2.86. The summed E-state index contributed by atoms with van der Waals surface area (Å²) in [5.74, 6) is -0.977. The van der Waals surface area contributed by atoms with Crippen molar-refractivity contribution < 1.29 is 43.9 Å². The van der Waals surface area contributed by atoms with Crippen LogP contribution >= 0.6 is 0 Å². The van der Waals surface area contributed by atoms with E-state index >= 15 is 0 Å². The van der Waals surface area contributed by atoms with E-state index in [1.165, 1.54) is 6.08 Å². The molecule has 0 aliphatic rings. The summed E-state index contributed by atoms with van der Waals surface area (Å²) < 4.78 is 17.1. The average Bonchev–Trinajstić information content (AvgIpc) is 2.88. The third-order valence-electron chi connectivity index (χ3n) is 5.25. The Bertz CT molecular complexity index is 611. The summed E-state index contributed by atoms with van der Waals surface area (Å²) in [6.45, 7) is 12.3. The fourth-order valence-corrected chi connectivity index (χ4v) is 2.86. The van der Waals surface area contributed by atoms with Crippen LogP contribution in [0.5, 0.6) is 0 Å². The van der Waals surface area contributed by atoms with Crippen LogP contribution in [0.25, 0.3) is 0 Å². The molecule has 3 atom stereocenters. The first-order chi connectivity index (χ1) is 17.1. The van der Waals surface area contributed by atoms with Crippen LogP contribution in [-0.4, -0.2) is 104 Å². The summed E-state index contributed by atoms with van der Waals surface area (Å²) in [5, 5.41) is 35.1. The number of carbonyl (C=O) groups is 3. The van der Waals surface area contributed by atoms with E-state index < -0.39 is 35.5 Å². The maximum atomic E-state index is 11.3. The van der Waals surface area contributed by atoms with Gasteiger partial charge >= 0.3 is 0 Å². The molecule has 0 aliphatic carbocycles. The Kier molecular flexibility index (Phi) is 18.4. The van der Waals surface area contributed by atoms with Crippen molar-refractivity contribution in [2.45, 2.75) is 44.5 Å². The minimum absolute atomic E-state index is 0.00140. The summed E-state index contributed by atoms with van der Waals surface area (Å²) in [6, 6.07) is 0. The molecule has 0 aromatic heterocycles. The second-order valence-electron chi connectivity index (χ2n) is 8.47. The molecule has 0 heterocycles. The maximum absolute atomic E-state index is 11.3. The van der Waals surface area contributed by atoms with Crippen LogP contribution in [-0.2, 0) is 28.6 Å². The highest BCUT2D eigenvalue weighted by atomic mass is 16.5. The van der Waals surface area contributed by atoms with E-state index in [2.05, 4.69) is 30.4 Å². The van der Waals surface area contributed by atoms with Crippen LogP contribution in [0, 0.1) is 5.41 Å². The van der Waals surface area contributed by atoms with Crippen LogP contribution in [0.2, 0.25) is 0 Å². The highest BCUT2D eigenvalue weighted by molar-refractivity contribution is 5.89. The molecule has 0 aliphatic heterocycles. The molecule has 0 spiro atoms. The van der Waals surface area contributed by atoms with E-state index in [4.69, 9.17) is 14.2 Å². The number of aliphatic hydroxyl groups excluding tert-OH is 3. The zero-order valence-corrected chi connectivity index (χ0v) is 21.2. The van der Waals surface area contributed by atoms with E-state index in [0.29, 0.717) is 6.42 Å². The fraction of sp³-hybridized carbons (Fsp3) is 0.640. The van der Waals surface area contributed by atoms with Crippen molar-refractivity contribution in [3.05, 3.63) is 38.0 Å². The molecule has 0 saturated carbocycles. The average molecular weight is 515 g/mol. The Morgan fingerprint density at radius 1 is 0.778 bits per heavy atom. The molecule has 3 unspecified atom stereocenters. The Morgan fingerprint density at radius 3 is 1.56 bits per heavy atom. The quantitative estimate of drug-likeness (QED) is 0.115. The lowest BCUT2D eigenvalue weighted by atomic mass is 9.88. The van der Waals surface area contributed by atoms with Gasteiger partial charge < -0.3 is 40.2 Å². The first-order valence-corrected chi connectivity index (χ1v) is 11.8. The Hall–Kier alpha value is -2.41. The monoisotopic (exact) mass is 514 g/mol. The summed E-state index contributed by atoms with van der Waals surface area (Å²) in [7, 11) is 0. The summed E-state index contributed by atoms with van der Waals surface area (Å²) in [5.41, 5.74) is -0.676. The summed E-state index contributed by atoms with van der Waals surface area (Å²) >= 11 is 0. The Morgan fingerprint density at radius 2 is 1.19 bits per heavy atom. The van der Waals surface area contributed by atoms with Crippen molar-refractivity contribution in [3.8, 4) is 0 Å². The van der Waals surface area contributed by atoms with Crippen molar-refractivity contribution in [1.29, 1.82) is 0 Å². The van der Waals surface area contributed by atoms with Gasteiger partial charge in [0.05, 0.1) is 58.0 Å². The second-order valence-corrected chi connectivity index (χ2v) is 8.47. The van der Waals surface area contributed by atoms with E-state index in [0.717, 1.165) is 12.2 Å². The molecule has 206 valence electrons. The third kappa shape index (κ3) is 16.3. The molecule has 11 nitrogen and oxygen atoms in total. The standard InChI is InChI=1S/C25H42N2O9/c1-5-19(28)9-10-20(29)13-34-16-25(8-4,17-35-14-21(30)11-26-23(32)6-2)18-36-15-22(31)12-27-24(33)7-3/h5-7,20-22,29-31H,1-3,8-18H2,4H3,(H,26,32)(H,27,33). The minimum atomic E-state index is -0.940. The number of allylic oxidation sites excluding steroid dienone is 1. The van der Waals surface area contributed by atoms with Gasteiger partial charge in [0, 0.05) is 24.9 Å². The number of nitrogens with one attached hydrogen (secondary N) is 2. The van der Waals surface area contributed by atoms with Gasteiger partial charge in [0.2, 0.25) is 11.8 Å². The van der Waals surface area contributed by atoms with Crippen LogP contribution < -0.4 is 10.6 Å². The molecule has 2 amide bonds. The number of aliphatic hydroxyl groups is 3. The van der Waals surface area contributed by atoms with Gasteiger partial charge in [0.1, 0.15) is 0 Å². The number of ether oxygens (including phenoxy) is 3. The number of ketones is 1. The molecule has 11 heteroatoms. The van der Waals surface area contributed by atoms with Crippen LogP contribution in [0.4, 0.5) is 0 Å². The number of carbonyl (C=O) groups excluding carboxylic acids is 3. The lowest BCUT2D eigenvalue weighted by Gasteiger charge is -2.33. The van der Waals surface area contributed by atoms with Crippen LogP contribution in [0.15, 0.2) is 38.0 Å². The van der Waals surface area contributed by atoms with E-state index in [1.807, 2.05) is 6.92 Å². The zero-order chi connectivity index (χ0) is 27.4. The maximum Gasteiger partial charge on any atom is 0.243 e. The Labute approximate surface area is 213 Å². The first-order valence-electron chi connectivity index (χ1n) is 11.8. The van der Waals surface area contributed by atoms with Gasteiger partial charge in [0.25, 0.3) is 0 Å². The highest BCUT2D eigenvalue weighted by Gasteiger charge is 2.31. The highest BCUT2D eigenvalue weighted by Crippen LogP contribution is 2.24. The van der Waals surface area contributed by atoms with E-state index in [9.17, 15) is 29.7 Å². The van der Waals surface area contributed by atoms with Crippen LogP contribution in [0.3, 0.4) is 0 Å². The normalized spacial score (nSPS) is 15.1. The number of hydrogen-bond acceptors (Lipinski definition) is 9. The Balaban J connectivity index is 4.87. The van der Waals surface area contributed by atoms with Crippen molar-refractivity contribution >= 4 is 17.6 Å². The number of rotatable bonds is 23. The van der Waals surface area contributed by atoms with Gasteiger partial charge in [-0.25, -0.2) is 0 Å². The number of hydrogen-bond donors (Lipinski definition) is 5. The summed E-state index contributed by atoms with van der Waals surface area (Å²) in [4.78, 5) is 33.8. The predicted octanol–water partition coefficient (Wildman–Crippen LogP) is -0.345. The van der Waals surface area contributed by atoms with Crippen molar-refractivity contribution in [2.24, 2.45) is 5.41 Å². The second kappa shape index (κ2) is 19.7. The van der Waals surface area contributed by atoms with Gasteiger partial charge in [0.15, 0.2) is 5.78 Å². The van der Waals surface area contributed by atoms with Crippen molar-refractivity contribution in [1.82, 2.24) is 10.6 Å². The zero-order valence-electron chi connectivity index (χ0n) is 21.2. The van der Waals surface area contributed by atoms with Gasteiger partial charge in [-0.05, 0) is 31.1 Å². The van der Waals surface area contributed by atoms with Gasteiger partial charge in [-0.1, -0.05) is 26.7 Å². The minimum Gasteiger partial charge on any atom is -0.391 e. The topological polar surface area (TPSA) is 164 Å². The summed E-state index contributed by atoms with van der Waals surface area (Å²) in [6.07, 6.45) is 1.64. The molecule has 0 saturated heterocycles. The predicted molar refractivity (Wildman–Crippen MR) is 134 cm³/mol. The van der Waals surface area contributed by atoms with Gasteiger partial charge in [-0.15, -0.1) is 0 Å². The van der Waals surface area contributed by atoms with Crippen LogP contribution in [0.1, 0.15) is 26.2 Å². The largest absolute Gasteiger partial charge is 0.391 e. The van der Waals surface area contributed by atoms with Gasteiger partial charge in [-0.3, -0.25) is 14.4 Å². The van der Waals surface area contributed by atoms with Crippen molar-refractivity contribution in [3.63, 3.8) is 0 Å². The SMILES string of the molecule is C=CC(=O)CCC(O)COCC(CC)(COCC(O)CNC(=O)C=C)COCC(O)CNC(=O)C=C. The first kappa shape index (κ1) is 33.6. The molecule has 0 rings (SSSR count). The molecule has 36 heavy (non-hydrogen) atoms. The van der Waals surface area contributed by atoms with E-state index in [1.54, 1.807) is 0 Å². The lowest BCUT2D eigenvalue weighted by molar-refractivity contribution is -0.117.